The summed E-state index contributed by atoms with van der Waals surface area (Å²) in [5, 5.41) is 12.1. The highest BCUT2D eigenvalue weighted by atomic mass is 35.5. The van der Waals surface area contributed by atoms with Gasteiger partial charge in [-0.3, -0.25) is 4.40 Å². The van der Waals surface area contributed by atoms with Gasteiger partial charge in [-0.05, 0) is 25.4 Å². The number of rotatable bonds is 2. The number of fused-ring (bicyclic) bond motifs is 1. The Morgan fingerprint density at radius 1 is 1.50 bits per heavy atom. The molecule has 1 unspecified atom stereocenters. The van der Waals surface area contributed by atoms with Crippen molar-refractivity contribution in [3.8, 4) is 0 Å². The van der Waals surface area contributed by atoms with Crippen molar-refractivity contribution in [2.45, 2.75) is 12.8 Å². The molecule has 2 aromatic heterocycles. The van der Waals surface area contributed by atoms with Crippen LogP contribution in [0.15, 0.2) is 12.4 Å². The van der Waals surface area contributed by atoms with Crippen LogP contribution in [0, 0.1) is 5.92 Å². The Hall–Kier alpha value is -1.20. The first-order chi connectivity index (χ1) is 7.83. The van der Waals surface area contributed by atoms with E-state index in [0.29, 0.717) is 11.1 Å². The Morgan fingerprint density at radius 2 is 2.44 bits per heavy atom. The normalized spacial score (nSPS) is 20.7. The largest absolute Gasteiger partial charge is 0.316 e. The van der Waals surface area contributed by atoms with Gasteiger partial charge in [-0.2, -0.15) is 0 Å². The molecule has 1 aliphatic heterocycles. The van der Waals surface area contributed by atoms with Gasteiger partial charge in [0.1, 0.15) is 11.0 Å². The van der Waals surface area contributed by atoms with Gasteiger partial charge in [0.25, 0.3) is 0 Å². The molecular weight excluding hydrogens is 226 g/mol. The fourth-order valence-corrected chi connectivity index (χ4v) is 2.26. The maximum atomic E-state index is 5.86. The van der Waals surface area contributed by atoms with E-state index >= 15 is 0 Å². The highest BCUT2D eigenvalue weighted by molar-refractivity contribution is 6.29. The number of nitrogens with zero attached hydrogens (tertiary/aromatic N) is 4. The van der Waals surface area contributed by atoms with E-state index in [9.17, 15) is 0 Å². The van der Waals surface area contributed by atoms with Gasteiger partial charge in [0, 0.05) is 12.6 Å². The Morgan fingerprint density at radius 3 is 3.25 bits per heavy atom. The Bertz CT molecular complexity index is 503. The summed E-state index contributed by atoms with van der Waals surface area (Å²) in [7, 11) is 0. The van der Waals surface area contributed by atoms with E-state index < -0.39 is 0 Å². The lowest BCUT2D eigenvalue weighted by atomic mass is 10.1. The minimum Gasteiger partial charge on any atom is -0.316 e. The molecule has 0 aromatic carbocycles. The van der Waals surface area contributed by atoms with Crippen LogP contribution >= 0.6 is 11.6 Å². The van der Waals surface area contributed by atoms with Crippen molar-refractivity contribution in [2.24, 2.45) is 5.92 Å². The molecule has 0 bridgehead atoms. The lowest BCUT2D eigenvalue weighted by Gasteiger charge is -2.05. The fourth-order valence-electron chi connectivity index (χ4n) is 2.11. The summed E-state index contributed by atoms with van der Waals surface area (Å²) in [6.07, 6.45) is 5.56. The van der Waals surface area contributed by atoms with Crippen LogP contribution in [0.5, 0.6) is 0 Å². The zero-order valence-corrected chi connectivity index (χ0v) is 9.48. The first-order valence-electron chi connectivity index (χ1n) is 5.39. The van der Waals surface area contributed by atoms with Crippen LogP contribution in [-0.2, 0) is 6.42 Å². The van der Waals surface area contributed by atoms with E-state index in [1.165, 1.54) is 6.42 Å². The summed E-state index contributed by atoms with van der Waals surface area (Å²) in [4.78, 5) is 3.98. The summed E-state index contributed by atoms with van der Waals surface area (Å²) >= 11 is 5.86. The molecule has 0 amide bonds. The van der Waals surface area contributed by atoms with Crippen molar-refractivity contribution in [2.75, 3.05) is 13.1 Å². The Balaban J connectivity index is 1.93. The molecule has 16 heavy (non-hydrogen) atoms. The molecule has 1 fully saturated rings. The average molecular weight is 238 g/mol. The molecule has 2 aromatic rings. The quantitative estimate of drug-likeness (QED) is 0.844. The fraction of sp³-hybridized carbons (Fsp3) is 0.500. The molecule has 3 rings (SSSR count). The highest BCUT2D eigenvalue weighted by Crippen LogP contribution is 2.15. The van der Waals surface area contributed by atoms with Crippen LogP contribution in [0.4, 0.5) is 0 Å². The van der Waals surface area contributed by atoms with Crippen molar-refractivity contribution in [3.05, 3.63) is 23.4 Å². The van der Waals surface area contributed by atoms with Crippen LogP contribution in [0.3, 0.4) is 0 Å². The summed E-state index contributed by atoms with van der Waals surface area (Å²) < 4.78 is 1.92. The van der Waals surface area contributed by atoms with Crippen molar-refractivity contribution < 1.29 is 0 Å². The van der Waals surface area contributed by atoms with Gasteiger partial charge in [0.2, 0.25) is 0 Å². The summed E-state index contributed by atoms with van der Waals surface area (Å²) in [6, 6.07) is 0. The molecule has 0 aliphatic carbocycles. The number of halogens is 1. The SMILES string of the molecule is Clc1cn2c(CC3CCNC3)nnc2cn1. The predicted molar refractivity (Wildman–Crippen MR) is 60.5 cm³/mol. The van der Waals surface area contributed by atoms with Crippen molar-refractivity contribution in [3.63, 3.8) is 0 Å². The van der Waals surface area contributed by atoms with Gasteiger partial charge >= 0.3 is 0 Å². The number of hydrogen-bond donors (Lipinski definition) is 1. The monoisotopic (exact) mass is 237 g/mol. The third-order valence-electron chi connectivity index (χ3n) is 2.97. The zero-order chi connectivity index (χ0) is 11.0. The Labute approximate surface area is 97.8 Å². The van der Waals surface area contributed by atoms with Crippen LogP contribution in [0.25, 0.3) is 5.65 Å². The molecule has 0 saturated carbocycles. The van der Waals surface area contributed by atoms with Crippen LogP contribution < -0.4 is 5.32 Å². The van der Waals surface area contributed by atoms with E-state index in [4.69, 9.17) is 11.6 Å². The first kappa shape index (κ1) is 9.99. The van der Waals surface area contributed by atoms with Crippen molar-refractivity contribution in [1.82, 2.24) is 24.9 Å². The second-order valence-corrected chi connectivity index (χ2v) is 4.50. The maximum absolute atomic E-state index is 5.86. The summed E-state index contributed by atoms with van der Waals surface area (Å²) in [5.74, 6) is 1.62. The van der Waals surface area contributed by atoms with E-state index in [2.05, 4.69) is 20.5 Å². The van der Waals surface area contributed by atoms with Gasteiger partial charge in [-0.1, -0.05) is 11.6 Å². The summed E-state index contributed by atoms with van der Waals surface area (Å²) in [6.45, 7) is 2.16. The smallest absolute Gasteiger partial charge is 0.179 e. The molecule has 3 heterocycles. The maximum Gasteiger partial charge on any atom is 0.179 e. The number of nitrogens with one attached hydrogen (secondary N) is 1. The van der Waals surface area contributed by atoms with Crippen molar-refractivity contribution >= 4 is 17.2 Å². The van der Waals surface area contributed by atoms with E-state index in [1.807, 2.05) is 4.40 Å². The van der Waals surface area contributed by atoms with Crippen LogP contribution in [0.1, 0.15) is 12.2 Å². The third kappa shape index (κ3) is 1.76. The van der Waals surface area contributed by atoms with Gasteiger partial charge < -0.3 is 5.32 Å². The Kier molecular flexibility index (Phi) is 2.49. The van der Waals surface area contributed by atoms with Gasteiger partial charge in [-0.15, -0.1) is 10.2 Å². The number of hydrogen-bond acceptors (Lipinski definition) is 4. The molecule has 1 atom stereocenters. The number of aromatic nitrogens is 4. The highest BCUT2D eigenvalue weighted by Gasteiger charge is 2.18. The van der Waals surface area contributed by atoms with Gasteiger partial charge in [-0.25, -0.2) is 4.98 Å². The molecule has 0 radical (unpaired) electrons. The molecule has 84 valence electrons. The van der Waals surface area contributed by atoms with E-state index in [0.717, 1.165) is 31.0 Å². The second kappa shape index (κ2) is 3.99. The third-order valence-corrected chi connectivity index (χ3v) is 3.16. The lowest BCUT2D eigenvalue weighted by Crippen LogP contribution is -2.12. The first-order valence-corrected chi connectivity index (χ1v) is 5.76. The lowest BCUT2D eigenvalue weighted by molar-refractivity contribution is 0.558. The minimum atomic E-state index is 0.470. The van der Waals surface area contributed by atoms with Gasteiger partial charge in [0.05, 0.1) is 6.20 Å². The van der Waals surface area contributed by atoms with Gasteiger partial charge in [0.15, 0.2) is 5.65 Å². The van der Waals surface area contributed by atoms with Crippen LogP contribution in [0.2, 0.25) is 5.15 Å². The minimum absolute atomic E-state index is 0.470. The standard InChI is InChI=1S/C10H12ClN5/c11-8-6-16-9(3-7-1-2-12-4-7)14-15-10(16)5-13-8/h5-7,12H,1-4H2. The predicted octanol–water partition coefficient (Wildman–Crippen LogP) is 0.930. The molecule has 1 aliphatic rings. The van der Waals surface area contributed by atoms with E-state index in [1.54, 1.807) is 12.4 Å². The zero-order valence-electron chi connectivity index (χ0n) is 8.73. The molecule has 1 N–H and O–H groups in total. The topological polar surface area (TPSA) is 55.1 Å². The molecule has 0 spiro atoms. The second-order valence-electron chi connectivity index (χ2n) is 4.12. The molecule has 1 saturated heterocycles. The van der Waals surface area contributed by atoms with Crippen molar-refractivity contribution in [1.29, 1.82) is 0 Å². The molecule has 6 heteroatoms. The summed E-state index contributed by atoms with van der Waals surface area (Å²) in [5.41, 5.74) is 0.755. The van der Waals surface area contributed by atoms with Crippen LogP contribution in [-0.4, -0.2) is 32.7 Å². The average Bonchev–Trinajstić information content (AvgIpc) is 2.90. The molecular formula is C10H12ClN5. The molecule has 5 nitrogen and oxygen atoms in total. The van der Waals surface area contributed by atoms with E-state index in [-0.39, 0.29) is 0 Å².